The third-order valence-corrected chi connectivity index (χ3v) is 3.49. The summed E-state index contributed by atoms with van der Waals surface area (Å²) < 4.78 is 77.8. The van der Waals surface area contributed by atoms with Gasteiger partial charge in [0.1, 0.15) is 6.29 Å². The lowest BCUT2D eigenvalue weighted by Crippen LogP contribution is -2.12. The Kier molecular flexibility index (Phi) is 6.63. The molecule has 1 aromatic carbocycles. The second-order valence-electron chi connectivity index (χ2n) is 5.42. The van der Waals surface area contributed by atoms with Crippen LogP contribution >= 0.6 is 0 Å². The van der Waals surface area contributed by atoms with E-state index in [1.165, 1.54) is 0 Å². The predicted octanol–water partition coefficient (Wildman–Crippen LogP) is 6.28. The quantitative estimate of drug-likeness (QED) is 0.335. The molecule has 0 aliphatic heterocycles. The van der Waals surface area contributed by atoms with E-state index in [0.717, 1.165) is 0 Å². The summed E-state index contributed by atoms with van der Waals surface area (Å²) in [6, 6.07) is 1.45. The van der Waals surface area contributed by atoms with E-state index in [2.05, 4.69) is 0 Å². The number of hydrogen-bond acceptors (Lipinski definition) is 1. The fourth-order valence-electron chi connectivity index (χ4n) is 2.42. The van der Waals surface area contributed by atoms with Gasteiger partial charge in [-0.15, -0.1) is 0 Å². The number of allylic oxidation sites excluding steroid dienone is 2. The van der Waals surface area contributed by atoms with Gasteiger partial charge >= 0.3 is 12.4 Å². The van der Waals surface area contributed by atoms with Gasteiger partial charge in [0.2, 0.25) is 0 Å². The standard InChI is InChI=1S/C17H18F6O/c1-3-5-11(10-24)15(6-4-2)12-7-13(16(18,19)20)9-14(8-12)17(21,22)23/h7-10H,3-6H2,1-2H3/b15-11-. The van der Waals surface area contributed by atoms with Crippen molar-refractivity contribution in [2.24, 2.45) is 0 Å². The maximum Gasteiger partial charge on any atom is 0.416 e. The summed E-state index contributed by atoms with van der Waals surface area (Å²) in [6.07, 6.45) is -7.70. The molecule has 0 unspecified atom stereocenters. The Morgan fingerprint density at radius 1 is 0.875 bits per heavy atom. The van der Waals surface area contributed by atoms with Crippen molar-refractivity contribution in [2.45, 2.75) is 51.9 Å². The van der Waals surface area contributed by atoms with E-state index >= 15 is 0 Å². The lowest BCUT2D eigenvalue weighted by Gasteiger charge is -2.17. The molecule has 24 heavy (non-hydrogen) atoms. The van der Waals surface area contributed by atoms with Crippen molar-refractivity contribution in [3.63, 3.8) is 0 Å². The Morgan fingerprint density at radius 3 is 1.67 bits per heavy atom. The van der Waals surface area contributed by atoms with Crippen molar-refractivity contribution in [1.29, 1.82) is 0 Å². The molecule has 1 nitrogen and oxygen atoms in total. The SMILES string of the molecule is CCC/C(C=O)=C(\CCC)c1cc(C(F)(F)F)cc(C(F)(F)F)c1. The summed E-state index contributed by atoms with van der Waals surface area (Å²) in [5.74, 6) is 0. The number of benzene rings is 1. The van der Waals surface area contributed by atoms with E-state index in [1.807, 2.05) is 0 Å². The lowest BCUT2D eigenvalue weighted by atomic mass is 9.91. The van der Waals surface area contributed by atoms with Gasteiger partial charge in [0.05, 0.1) is 11.1 Å². The van der Waals surface area contributed by atoms with Gasteiger partial charge in [0.25, 0.3) is 0 Å². The summed E-state index contributed by atoms with van der Waals surface area (Å²) in [6.45, 7) is 3.52. The lowest BCUT2D eigenvalue weighted by molar-refractivity contribution is -0.143. The van der Waals surface area contributed by atoms with Crippen molar-refractivity contribution in [1.82, 2.24) is 0 Å². The Labute approximate surface area is 136 Å². The van der Waals surface area contributed by atoms with Crippen molar-refractivity contribution in [2.75, 3.05) is 0 Å². The number of halogens is 6. The molecule has 0 aromatic heterocycles. The normalized spacial score (nSPS) is 13.7. The molecular weight excluding hydrogens is 334 g/mol. The first-order chi connectivity index (χ1) is 11.0. The van der Waals surface area contributed by atoms with Gasteiger partial charge in [-0.1, -0.05) is 26.7 Å². The molecule has 0 aliphatic carbocycles. The van der Waals surface area contributed by atoms with Crippen LogP contribution in [0.2, 0.25) is 0 Å². The Hall–Kier alpha value is -1.79. The summed E-state index contributed by atoms with van der Waals surface area (Å²) in [5, 5.41) is 0. The number of aldehydes is 1. The highest BCUT2D eigenvalue weighted by atomic mass is 19.4. The molecule has 0 fully saturated rings. The van der Waals surface area contributed by atoms with Crippen LogP contribution in [0.4, 0.5) is 26.3 Å². The van der Waals surface area contributed by atoms with Gasteiger partial charge in [0.15, 0.2) is 0 Å². The van der Waals surface area contributed by atoms with Crippen molar-refractivity contribution in [3.05, 3.63) is 40.5 Å². The van der Waals surface area contributed by atoms with Crippen LogP contribution in [0.15, 0.2) is 23.8 Å². The Balaban J connectivity index is 3.67. The molecule has 7 heteroatoms. The molecule has 0 atom stereocenters. The van der Waals surface area contributed by atoms with Crippen LogP contribution in [-0.2, 0) is 17.1 Å². The zero-order chi connectivity index (χ0) is 18.5. The number of hydrogen-bond donors (Lipinski definition) is 0. The Bertz CT molecular complexity index is 578. The second-order valence-corrected chi connectivity index (χ2v) is 5.42. The first-order valence-electron chi connectivity index (χ1n) is 7.51. The van der Waals surface area contributed by atoms with Crippen LogP contribution in [0, 0.1) is 0 Å². The molecule has 0 radical (unpaired) electrons. The molecule has 1 aromatic rings. The van der Waals surface area contributed by atoms with Crippen LogP contribution in [-0.4, -0.2) is 6.29 Å². The Morgan fingerprint density at radius 2 is 1.33 bits per heavy atom. The monoisotopic (exact) mass is 352 g/mol. The zero-order valence-electron chi connectivity index (χ0n) is 13.3. The van der Waals surface area contributed by atoms with Crippen LogP contribution in [0.3, 0.4) is 0 Å². The molecule has 0 spiro atoms. The van der Waals surface area contributed by atoms with Crippen molar-refractivity contribution in [3.8, 4) is 0 Å². The van der Waals surface area contributed by atoms with Crippen molar-refractivity contribution < 1.29 is 31.1 Å². The highest BCUT2D eigenvalue weighted by Gasteiger charge is 2.37. The smallest absolute Gasteiger partial charge is 0.298 e. The second kappa shape index (κ2) is 7.85. The summed E-state index contributed by atoms with van der Waals surface area (Å²) in [4.78, 5) is 11.2. The predicted molar refractivity (Wildman–Crippen MR) is 79.2 cm³/mol. The van der Waals surface area contributed by atoms with E-state index in [-0.39, 0.29) is 29.2 Å². The molecule has 1 rings (SSSR count). The van der Waals surface area contributed by atoms with Gasteiger partial charge < -0.3 is 0 Å². The topological polar surface area (TPSA) is 17.1 Å². The maximum atomic E-state index is 13.0. The fourth-order valence-corrected chi connectivity index (χ4v) is 2.42. The number of carbonyl (C=O) groups is 1. The maximum absolute atomic E-state index is 13.0. The van der Waals surface area contributed by atoms with Crippen LogP contribution in [0.25, 0.3) is 5.57 Å². The molecule has 0 saturated heterocycles. The average Bonchev–Trinajstić information content (AvgIpc) is 2.48. The van der Waals surface area contributed by atoms with Gasteiger partial charge in [-0.2, -0.15) is 26.3 Å². The van der Waals surface area contributed by atoms with E-state index < -0.39 is 23.5 Å². The molecule has 134 valence electrons. The van der Waals surface area contributed by atoms with E-state index in [4.69, 9.17) is 0 Å². The van der Waals surface area contributed by atoms with Crippen molar-refractivity contribution >= 4 is 11.9 Å². The molecule has 0 N–H and O–H groups in total. The average molecular weight is 352 g/mol. The highest BCUT2D eigenvalue weighted by Crippen LogP contribution is 2.39. The van der Waals surface area contributed by atoms with Crippen LogP contribution < -0.4 is 0 Å². The van der Waals surface area contributed by atoms with E-state index in [0.29, 0.717) is 37.7 Å². The van der Waals surface area contributed by atoms with Gasteiger partial charge in [-0.25, -0.2) is 0 Å². The fraction of sp³-hybridized carbons (Fsp3) is 0.471. The zero-order valence-corrected chi connectivity index (χ0v) is 13.3. The molecule has 0 bridgehead atoms. The molecule has 0 heterocycles. The third kappa shape index (κ3) is 5.11. The van der Waals surface area contributed by atoms with Gasteiger partial charge in [-0.3, -0.25) is 4.79 Å². The first-order valence-corrected chi connectivity index (χ1v) is 7.51. The number of rotatable bonds is 6. The summed E-state index contributed by atoms with van der Waals surface area (Å²) in [5.41, 5.74) is -2.46. The summed E-state index contributed by atoms with van der Waals surface area (Å²) in [7, 11) is 0. The highest BCUT2D eigenvalue weighted by molar-refractivity contribution is 5.88. The first kappa shape index (κ1) is 20.3. The van der Waals surface area contributed by atoms with Gasteiger partial charge in [-0.05, 0) is 47.8 Å². The molecule has 0 amide bonds. The minimum atomic E-state index is -4.90. The summed E-state index contributed by atoms with van der Waals surface area (Å²) >= 11 is 0. The molecule has 0 aliphatic rings. The van der Waals surface area contributed by atoms with E-state index in [1.54, 1.807) is 13.8 Å². The van der Waals surface area contributed by atoms with Crippen LogP contribution in [0.1, 0.15) is 56.2 Å². The number of alkyl halides is 6. The minimum Gasteiger partial charge on any atom is -0.298 e. The largest absolute Gasteiger partial charge is 0.416 e. The van der Waals surface area contributed by atoms with E-state index in [9.17, 15) is 31.1 Å². The molecule has 0 saturated carbocycles. The number of carbonyl (C=O) groups excluding carboxylic acids is 1. The van der Waals surface area contributed by atoms with Gasteiger partial charge in [0, 0.05) is 0 Å². The third-order valence-electron chi connectivity index (χ3n) is 3.49. The minimum absolute atomic E-state index is 0.0907. The van der Waals surface area contributed by atoms with Crippen LogP contribution in [0.5, 0.6) is 0 Å². The molecular formula is C17H18F6O.